The van der Waals surface area contributed by atoms with E-state index in [0.29, 0.717) is 12.6 Å². The van der Waals surface area contributed by atoms with Crippen LogP contribution >= 0.6 is 15.9 Å². The zero-order valence-corrected chi connectivity index (χ0v) is 12.2. The van der Waals surface area contributed by atoms with E-state index in [9.17, 15) is 0 Å². The summed E-state index contributed by atoms with van der Waals surface area (Å²) in [6.45, 7) is 2.68. The number of hydrogen-bond acceptors (Lipinski definition) is 5. The van der Waals surface area contributed by atoms with Crippen molar-refractivity contribution in [3.63, 3.8) is 0 Å². The molecule has 6 nitrogen and oxygen atoms in total. The average Bonchev–Trinajstić information content (AvgIpc) is 2.80. The normalized spacial score (nSPS) is 26.4. The fourth-order valence-corrected chi connectivity index (χ4v) is 2.73. The molecular formula is C12H16BrN5O. The summed E-state index contributed by atoms with van der Waals surface area (Å²) in [7, 11) is 0. The van der Waals surface area contributed by atoms with Crippen molar-refractivity contribution in [2.24, 2.45) is 5.73 Å². The third-order valence-corrected chi connectivity index (χ3v) is 3.98. The van der Waals surface area contributed by atoms with Gasteiger partial charge in [0, 0.05) is 18.8 Å². The van der Waals surface area contributed by atoms with Gasteiger partial charge in [0.05, 0.1) is 16.6 Å². The highest BCUT2D eigenvalue weighted by Crippen LogP contribution is 2.26. The van der Waals surface area contributed by atoms with Crippen molar-refractivity contribution in [2.75, 3.05) is 11.9 Å². The maximum atomic E-state index is 6.00. The van der Waals surface area contributed by atoms with E-state index in [2.05, 4.69) is 31.3 Å². The Labute approximate surface area is 119 Å². The Bertz CT molecular complexity index is 585. The number of fused-ring (bicyclic) bond motifs is 1. The van der Waals surface area contributed by atoms with Crippen molar-refractivity contribution < 1.29 is 4.74 Å². The highest BCUT2D eigenvalue weighted by atomic mass is 79.9. The van der Waals surface area contributed by atoms with Crippen LogP contribution in [0.15, 0.2) is 22.8 Å². The summed E-state index contributed by atoms with van der Waals surface area (Å²) in [6, 6.07) is 4.02. The molecule has 0 saturated heterocycles. The SMILES string of the molecule is CCOC1CC(N)C1Nc1nc2c(Br)cccn2n1. The van der Waals surface area contributed by atoms with Gasteiger partial charge in [-0.1, -0.05) is 0 Å². The van der Waals surface area contributed by atoms with Gasteiger partial charge in [0.2, 0.25) is 5.95 Å². The molecule has 0 amide bonds. The predicted molar refractivity (Wildman–Crippen MR) is 76.1 cm³/mol. The fourth-order valence-electron chi connectivity index (χ4n) is 2.31. The number of aromatic nitrogens is 3. The lowest BCUT2D eigenvalue weighted by Crippen LogP contribution is -2.60. The molecule has 2 aromatic rings. The minimum atomic E-state index is 0.0798. The molecule has 19 heavy (non-hydrogen) atoms. The molecule has 1 fully saturated rings. The van der Waals surface area contributed by atoms with Crippen LogP contribution in [0.4, 0.5) is 5.95 Å². The van der Waals surface area contributed by atoms with E-state index in [-0.39, 0.29) is 18.2 Å². The Morgan fingerprint density at radius 3 is 3.16 bits per heavy atom. The highest BCUT2D eigenvalue weighted by Gasteiger charge is 2.40. The zero-order chi connectivity index (χ0) is 13.4. The van der Waals surface area contributed by atoms with Crippen LogP contribution in [0.2, 0.25) is 0 Å². The number of hydrogen-bond donors (Lipinski definition) is 2. The Balaban J connectivity index is 1.79. The molecule has 3 rings (SSSR count). The minimum absolute atomic E-state index is 0.0798. The number of ether oxygens (including phenoxy) is 1. The van der Waals surface area contributed by atoms with Crippen LogP contribution in [-0.2, 0) is 4.74 Å². The van der Waals surface area contributed by atoms with Gasteiger partial charge in [-0.2, -0.15) is 4.98 Å². The van der Waals surface area contributed by atoms with Gasteiger partial charge in [0.1, 0.15) is 0 Å². The van der Waals surface area contributed by atoms with E-state index < -0.39 is 0 Å². The molecule has 1 aliphatic carbocycles. The second-order valence-corrected chi connectivity index (χ2v) is 5.48. The molecule has 0 aromatic carbocycles. The molecule has 0 bridgehead atoms. The van der Waals surface area contributed by atoms with Crippen LogP contribution in [0, 0.1) is 0 Å². The van der Waals surface area contributed by atoms with E-state index in [4.69, 9.17) is 10.5 Å². The lowest BCUT2D eigenvalue weighted by Gasteiger charge is -2.42. The minimum Gasteiger partial charge on any atom is -0.376 e. The molecule has 0 spiro atoms. The first-order valence-corrected chi connectivity index (χ1v) is 7.13. The molecule has 2 aromatic heterocycles. The van der Waals surface area contributed by atoms with Crippen molar-refractivity contribution >= 4 is 27.5 Å². The second-order valence-electron chi connectivity index (χ2n) is 4.62. The number of nitrogens with zero attached hydrogens (tertiary/aromatic N) is 3. The van der Waals surface area contributed by atoms with Crippen LogP contribution in [-0.4, -0.2) is 39.4 Å². The third-order valence-electron chi connectivity index (χ3n) is 3.36. The van der Waals surface area contributed by atoms with Crippen molar-refractivity contribution in [3.05, 3.63) is 22.8 Å². The molecule has 1 aliphatic rings. The summed E-state index contributed by atoms with van der Waals surface area (Å²) in [6.07, 6.45) is 2.89. The molecule has 3 atom stereocenters. The first kappa shape index (κ1) is 12.8. The predicted octanol–water partition coefficient (Wildman–Crippen LogP) is 1.41. The largest absolute Gasteiger partial charge is 0.376 e. The molecule has 3 N–H and O–H groups in total. The van der Waals surface area contributed by atoms with Crippen molar-refractivity contribution in [3.8, 4) is 0 Å². The number of anilines is 1. The van der Waals surface area contributed by atoms with Crippen molar-refractivity contribution in [1.82, 2.24) is 14.6 Å². The number of nitrogens with two attached hydrogens (primary N) is 1. The van der Waals surface area contributed by atoms with E-state index in [0.717, 1.165) is 16.5 Å². The quantitative estimate of drug-likeness (QED) is 0.888. The Hall–Kier alpha value is -1.18. The summed E-state index contributed by atoms with van der Waals surface area (Å²) in [4.78, 5) is 4.45. The van der Waals surface area contributed by atoms with Gasteiger partial charge in [0.15, 0.2) is 5.65 Å². The molecule has 7 heteroatoms. The smallest absolute Gasteiger partial charge is 0.243 e. The van der Waals surface area contributed by atoms with Crippen LogP contribution in [0.3, 0.4) is 0 Å². The lowest BCUT2D eigenvalue weighted by molar-refractivity contribution is -0.0128. The van der Waals surface area contributed by atoms with Gasteiger partial charge < -0.3 is 15.8 Å². The van der Waals surface area contributed by atoms with Crippen LogP contribution in [0.5, 0.6) is 0 Å². The van der Waals surface area contributed by atoms with Gasteiger partial charge in [0.25, 0.3) is 0 Å². The second kappa shape index (κ2) is 5.07. The number of halogens is 1. The Morgan fingerprint density at radius 1 is 1.63 bits per heavy atom. The molecular weight excluding hydrogens is 310 g/mol. The monoisotopic (exact) mass is 325 g/mol. The summed E-state index contributed by atoms with van der Waals surface area (Å²) >= 11 is 3.46. The average molecular weight is 326 g/mol. The van der Waals surface area contributed by atoms with Gasteiger partial charge in [-0.25, -0.2) is 4.52 Å². The van der Waals surface area contributed by atoms with Crippen molar-refractivity contribution in [1.29, 1.82) is 0 Å². The zero-order valence-electron chi connectivity index (χ0n) is 10.6. The third kappa shape index (κ3) is 2.33. The lowest BCUT2D eigenvalue weighted by atomic mass is 9.83. The van der Waals surface area contributed by atoms with Crippen LogP contribution < -0.4 is 11.1 Å². The Morgan fingerprint density at radius 2 is 2.47 bits per heavy atom. The summed E-state index contributed by atoms with van der Waals surface area (Å²) < 4.78 is 8.26. The number of pyridine rings is 1. The standard InChI is InChI=1S/C12H16BrN5O/c1-2-19-9-6-8(14)10(9)15-12-16-11-7(13)4-3-5-18(11)17-12/h3-5,8-10H,2,6,14H2,1H3,(H,15,17). The van der Waals surface area contributed by atoms with E-state index in [1.165, 1.54) is 0 Å². The molecule has 2 heterocycles. The van der Waals surface area contributed by atoms with E-state index in [1.54, 1.807) is 4.52 Å². The van der Waals surface area contributed by atoms with Crippen LogP contribution in [0.1, 0.15) is 13.3 Å². The maximum absolute atomic E-state index is 6.00. The molecule has 3 unspecified atom stereocenters. The van der Waals surface area contributed by atoms with Gasteiger partial charge in [-0.15, -0.1) is 5.10 Å². The fraction of sp³-hybridized carbons (Fsp3) is 0.500. The summed E-state index contributed by atoms with van der Waals surface area (Å²) in [5.74, 6) is 0.580. The maximum Gasteiger partial charge on any atom is 0.243 e. The topological polar surface area (TPSA) is 77.5 Å². The Kier molecular flexibility index (Phi) is 3.42. The molecule has 102 valence electrons. The number of nitrogens with one attached hydrogen (secondary N) is 1. The van der Waals surface area contributed by atoms with E-state index in [1.807, 2.05) is 25.3 Å². The van der Waals surface area contributed by atoms with E-state index >= 15 is 0 Å². The molecule has 0 aliphatic heterocycles. The first-order valence-electron chi connectivity index (χ1n) is 6.33. The summed E-state index contributed by atoms with van der Waals surface area (Å²) in [5, 5.41) is 7.64. The van der Waals surface area contributed by atoms with Crippen LogP contribution in [0.25, 0.3) is 5.65 Å². The molecule has 0 radical (unpaired) electrons. The van der Waals surface area contributed by atoms with Gasteiger partial charge in [-0.05, 0) is 41.4 Å². The van der Waals surface area contributed by atoms with Gasteiger partial charge in [-0.3, -0.25) is 0 Å². The first-order chi connectivity index (χ1) is 9.19. The number of rotatable bonds is 4. The molecule has 1 saturated carbocycles. The highest BCUT2D eigenvalue weighted by molar-refractivity contribution is 9.10. The van der Waals surface area contributed by atoms with Gasteiger partial charge >= 0.3 is 0 Å². The van der Waals surface area contributed by atoms with Crippen molar-refractivity contribution in [2.45, 2.75) is 31.5 Å². The summed E-state index contributed by atoms with van der Waals surface area (Å²) in [5.41, 5.74) is 6.78.